The summed E-state index contributed by atoms with van der Waals surface area (Å²) < 4.78 is 0. The molecule has 0 N–H and O–H groups in total. The fourth-order valence-corrected chi connectivity index (χ4v) is 2.23. The van der Waals surface area contributed by atoms with Gasteiger partial charge in [-0.2, -0.15) is 0 Å². The summed E-state index contributed by atoms with van der Waals surface area (Å²) in [5.41, 5.74) is 6.63. The molecule has 0 aliphatic heterocycles. The fraction of sp³-hybridized carbons (Fsp3) is 0.278. The number of carbonyl (C=O) groups is 1. The Kier molecular flexibility index (Phi) is 3.84. The summed E-state index contributed by atoms with van der Waals surface area (Å²) in [6, 6.07) is 12.3. The van der Waals surface area contributed by atoms with Crippen LogP contribution in [0.4, 0.5) is 0 Å². The van der Waals surface area contributed by atoms with Gasteiger partial charge in [-0.25, -0.2) is 0 Å². The van der Waals surface area contributed by atoms with Crippen molar-refractivity contribution in [2.24, 2.45) is 0 Å². The van der Waals surface area contributed by atoms with Crippen LogP contribution in [0.25, 0.3) is 0 Å². The third kappa shape index (κ3) is 3.11. The van der Waals surface area contributed by atoms with Gasteiger partial charge in [-0.1, -0.05) is 35.9 Å². The van der Waals surface area contributed by atoms with Crippen LogP contribution in [0.5, 0.6) is 0 Å². The highest BCUT2D eigenvalue weighted by Crippen LogP contribution is 2.16. The predicted octanol–water partition coefficient (Wildman–Crippen LogP) is 4.35. The minimum atomic E-state index is 0.199. The largest absolute Gasteiger partial charge is 0.294 e. The van der Waals surface area contributed by atoms with Crippen LogP contribution >= 0.6 is 0 Å². The van der Waals surface area contributed by atoms with Crippen molar-refractivity contribution in [3.05, 3.63) is 69.8 Å². The van der Waals surface area contributed by atoms with E-state index in [0.29, 0.717) is 6.42 Å². The number of hydrogen-bond donors (Lipinski definition) is 0. The van der Waals surface area contributed by atoms with Crippen molar-refractivity contribution in [1.29, 1.82) is 0 Å². The average Bonchev–Trinajstić information content (AvgIpc) is 2.36. The van der Waals surface area contributed by atoms with Crippen LogP contribution in [-0.4, -0.2) is 5.78 Å². The Hall–Kier alpha value is -1.89. The van der Waals surface area contributed by atoms with Crippen molar-refractivity contribution in [3.8, 4) is 0 Å². The van der Waals surface area contributed by atoms with Gasteiger partial charge in [0.1, 0.15) is 0 Å². The van der Waals surface area contributed by atoms with Gasteiger partial charge in [0, 0.05) is 12.0 Å². The van der Waals surface area contributed by atoms with Crippen molar-refractivity contribution < 1.29 is 4.79 Å². The SMILES string of the molecule is Cc1ccc(C)c(C(=O)Cc2ccc(C)c(C)c2)c1. The van der Waals surface area contributed by atoms with E-state index in [1.807, 2.05) is 38.1 Å². The first-order valence-electron chi connectivity index (χ1n) is 6.64. The molecule has 1 heteroatoms. The van der Waals surface area contributed by atoms with E-state index in [1.54, 1.807) is 0 Å². The van der Waals surface area contributed by atoms with Gasteiger partial charge in [-0.05, 0) is 56.0 Å². The van der Waals surface area contributed by atoms with Crippen LogP contribution in [0.1, 0.15) is 38.2 Å². The van der Waals surface area contributed by atoms with Crippen molar-refractivity contribution in [2.75, 3.05) is 0 Å². The smallest absolute Gasteiger partial charge is 0.167 e. The molecular formula is C18H20O. The molecule has 19 heavy (non-hydrogen) atoms. The number of rotatable bonds is 3. The lowest BCUT2D eigenvalue weighted by Crippen LogP contribution is -2.06. The zero-order valence-corrected chi connectivity index (χ0v) is 12.1. The summed E-state index contributed by atoms with van der Waals surface area (Å²) in [5.74, 6) is 0.199. The maximum atomic E-state index is 12.4. The van der Waals surface area contributed by atoms with Gasteiger partial charge < -0.3 is 0 Å². The second-order valence-corrected chi connectivity index (χ2v) is 5.34. The molecule has 0 atom stereocenters. The summed E-state index contributed by atoms with van der Waals surface area (Å²) in [6.45, 7) is 8.19. The summed E-state index contributed by atoms with van der Waals surface area (Å²) >= 11 is 0. The molecule has 0 bridgehead atoms. The van der Waals surface area contributed by atoms with E-state index in [-0.39, 0.29) is 5.78 Å². The lowest BCUT2D eigenvalue weighted by Gasteiger charge is -2.08. The molecule has 1 nitrogen and oxygen atoms in total. The Labute approximate surface area is 115 Å². The molecule has 98 valence electrons. The van der Waals surface area contributed by atoms with Gasteiger partial charge in [0.2, 0.25) is 0 Å². The van der Waals surface area contributed by atoms with Crippen LogP contribution in [0.15, 0.2) is 36.4 Å². The van der Waals surface area contributed by atoms with Gasteiger partial charge >= 0.3 is 0 Å². The highest BCUT2D eigenvalue weighted by molar-refractivity contribution is 5.99. The molecule has 0 heterocycles. The van der Waals surface area contributed by atoms with Gasteiger partial charge in [0.15, 0.2) is 5.78 Å². The van der Waals surface area contributed by atoms with E-state index in [4.69, 9.17) is 0 Å². The van der Waals surface area contributed by atoms with E-state index < -0.39 is 0 Å². The van der Waals surface area contributed by atoms with Crippen LogP contribution in [0, 0.1) is 27.7 Å². The number of aryl methyl sites for hydroxylation is 4. The molecule has 0 fully saturated rings. The van der Waals surface area contributed by atoms with Gasteiger partial charge in [-0.15, -0.1) is 0 Å². The van der Waals surface area contributed by atoms with Crippen LogP contribution in [0.2, 0.25) is 0 Å². The zero-order chi connectivity index (χ0) is 14.0. The fourth-order valence-electron chi connectivity index (χ4n) is 2.23. The highest BCUT2D eigenvalue weighted by Gasteiger charge is 2.10. The Morgan fingerprint density at radius 3 is 2.21 bits per heavy atom. The maximum Gasteiger partial charge on any atom is 0.167 e. The van der Waals surface area contributed by atoms with E-state index in [0.717, 1.165) is 22.3 Å². The molecule has 2 aromatic carbocycles. The molecule has 2 rings (SSSR count). The molecule has 0 spiro atoms. The lowest BCUT2D eigenvalue weighted by atomic mass is 9.96. The molecule has 0 aliphatic rings. The van der Waals surface area contributed by atoms with Crippen molar-refractivity contribution in [2.45, 2.75) is 34.1 Å². The van der Waals surface area contributed by atoms with Crippen LogP contribution in [0.3, 0.4) is 0 Å². The molecule has 0 aliphatic carbocycles. The first kappa shape index (κ1) is 13.5. The third-order valence-corrected chi connectivity index (χ3v) is 3.63. The maximum absolute atomic E-state index is 12.4. The van der Waals surface area contributed by atoms with Gasteiger partial charge in [0.05, 0.1) is 0 Å². The van der Waals surface area contributed by atoms with Crippen molar-refractivity contribution in [1.82, 2.24) is 0 Å². The van der Waals surface area contributed by atoms with E-state index in [9.17, 15) is 4.79 Å². The molecule has 0 saturated heterocycles. The standard InChI is InChI=1S/C18H20O/c1-12-5-6-14(3)17(9-12)18(19)11-16-8-7-13(2)15(4)10-16/h5-10H,11H2,1-4H3. The zero-order valence-electron chi connectivity index (χ0n) is 12.1. The Balaban J connectivity index is 2.25. The Morgan fingerprint density at radius 1 is 0.842 bits per heavy atom. The topological polar surface area (TPSA) is 17.1 Å². The number of ketones is 1. The number of hydrogen-bond acceptors (Lipinski definition) is 1. The van der Waals surface area contributed by atoms with Gasteiger partial charge in [-0.3, -0.25) is 4.79 Å². The molecule has 0 saturated carbocycles. The molecule has 0 unspecified atom stereocenters. The third-order valence-electron chi connectivity index (χ3n) is 3.63. The van der Waals surface area contributed by atoms with Crippen LogP contribution in [-0.2, 0) is 6.42 Å². The summed E-state index contributed by atoms with van der Waals surface area (Å²) in [5, 5.41) is 0. The minimum absolute atomic E-state index is 0.199. The highest BCUT2D eigenvalue weighted by atomic mass is 16.1. The van der Waals surface area contributed by atoms with Crippen molar-refractivity contribution in [3.63, 3.8) is 0 Å². The number of benzene rings is 2. The summed E-state index contributed by atoms with van der Waals surface area (Å²) in [7, 11) is 0. The Bertz CT molecular complexity index is 624. The number of Topliss-reactive ketones (excluding diaryl/α,β-unsaturated/α-hetero) is 1. The normalized spacial score (nSPS) is 10.5. The molecule has 0 aromatic heterocycles. The summed E-state index contributed by atoms with van der Waals surface area (Å²) in [6.07, 6.45) is 0.478. The summed E-state index contributed by atoms with van der Waals surface area (Å²) in [4.78, 5) is 12.4. The van der Waals surface area contributed by atoms with E-state index in [2.05, 4.69) is 26.0 Å². The first-order chi connectivity index (χ1) is 8.97. The van der Waals surface area contributed by atoms with E-state index >= 15 is 0 Å². The van der Waals surface area contributed by atoms with Gasteiger partial charge in [0.25, 0.3) is 0 Å². The van der Waals surface area contributed by atoms with E-state index in [1.165, 1.54) is 11.1 Å². The van der Waals surface area contributed by atoms with Crippen LogP contribution < -0.4 is 0 Å². The predicted molar refractivity (Wildman–Crippen MR) is 79.9 cm³/mol. The lowest BCUT2D eigenvalue weighted by molar-refractivity contribution is 0.0992. The second kappa shape index (κ2) is 5.40. The molecule has 2 aromatic rings. The first-order valence-corrected chi connectivity index (χ1v) is 6.64. The minimum Gasteiger partial charge on any atom is -0.294 e. The van der Waals surface area contributed by atoms with Crippen molar-refractivity contribution >= 4 is 5.78 Å². The molecule has 0 radical (unpaired) electrons. The molecule has 0 amide bonds. The quantitative estimate of drug-likeness (QED) is 0.742. The molecular weight excluding hydrogens is 232 g/mol. The Morgan fingerprint density at radius 2 is 1.53 bits per heavy atom. The number of carbonyl (C=O) groups excluding carboxylic acids is 1. The average molecular weight is 252 g/mol. The second-order valence-electron chi connectivity index (χ2n) is 5.34. The monoisotopic (exact) mass is 252 g/mol.